The average molecular weight is 258 g/mol. The summed E-state index contributed by atoms with van der Waals surface area (Å²) in [5.41, 5.74) is 1.34. The lowest BCUT2D eigenvalue weighted by Crippen LogP contribution is -2.58. The third-order valence-corrected chi connectivity index (χ3v) is 4.19. The van der Waals surface area contributed by atoms with Gasteiger partial charge in [-0.15, -0.1) is 0 Å². The molecule has 1 saturated heterocycles. The van der Waals surface area contributed by atoms with Crippen molar-refractivity contribution in [3.8, 4) is 0 Å². The molecule has 1 heterocycles. The lowest BCUT2D eigenvalue weighted by atomic mass is 10.0. The van der Waals surface area contributed by atoms with Crippen molar-refractivity contribution in [2.45, 2.75) is 38.3 Å². The van der Waals surface area contributed by atoms with Crippen LogP contribution in [0.2, 0.25) is 0 Å². The third-order valence-electron chi connectivity index (χ3n) is 4.19. The van der Waals surface area contributed by atoms with Crippen LogP contribution in [0, 0.1) is 5.92 Å². The van der Waals surface area contributed by atoms with Crippen LogP contribution < -0.4 is 5.32 Å². The maximum atomic E-state index is 12.3. The lowest BCUT2D eigenvalue weighted by Gasteiger charge is -2.39. The predicted octanol–water partition coefficient (Wildman–Crippen LogP) is 1.83. The van der Waals surface area contributed by atoms with Crippen molar-refractivity contribution in [2.75, 3.05) is 13.1 Å². The zero-order valence-corrected chi connectivity index (χ0v) is 11.5. The smallest absolute Gasteiger partial charge is 0.226 e. The monoisotopic (exact) mass is 258 g/mol. The number of amides is 1. The first-order valence-electron chi connectivity index (χ1n) is 7.32. The third kappa shape index (κ3) is 2.98. The molecule has 1 amide bonds. The van der Waals surface area contributed by atoms with Gasteiger partial charge in [-0.25, -0.2) is 0 Å². The van der Waals surface area contributed by atoms with E-state index in [9.17, 15) is 4.79 Å². The summed E-state index contributed by atoms with van der Waals surface area (Å²) in [6, 6.07) is 11.2. The van der Waals surface area contributed by atoms with Crippen molar-refractivity contribution in [2.24, 2.45) is 5.92 Å². The van der Waals surface area contributed by atoms with Gasteiger partial charge in [-0.3, -0.25) is 4.79 Å². The lowest BCUT2D eigenvalue weighted by molar-refractivity contribution is -0.136. The molecule has 1 saturated carbocycles. The molecule has 0 aromatic heterocycles. The first kappa shape index (κ1) is 12.7. The summed E-state index contributed by atoms with van der Waals surface area (Å²) in [4.78, 5) is 14.4. The molecule has 2 fully saturated rings. The Labute approximate surface area is 115 Å². The summed E-state index contributed by atoms with van der Waals surface area (Å²) in [7, 11) is 0. The van der Waals surface area contributed by atoms with Gasteiger partial charge in [0.05, 0.1) is 0 Å². The van der Waals surface area contributed by atoms with Crippen LogP contribution in [-0.4, -0.2) is 36.0 Å². The first-order valence-corrected chi connectivity index (χ1v) is 7.32. The maximum Gasteiger partial charge on any atom is 0.226 e. The quantitative estimate of drug-likeness (QED) is 0.897. The van der Waals surface area contributed by atoms with E-state index in [0.717, 1.165) is 32.4 Å². The number of nitrogens with one attached hydrogen (secondary N) is 1. The molecule has 1 N–H and O–H groups in total. The summed E-state index contributed by atoms with van der Waals surface area (Å²) < 4.78 is 0. The highest BCUT2D eigenvalue weighted by Gasteiger charge is 2.37. The van der Waals surface area contributed by atoms with E-state index in [1.165, 1.54) is 5.56 Å². The van der Waals surface area contributed by atoms with Crippen molar-refractivity contribution >= 4 is 5.91 Å². The molecule has 3 heteroatoms. The fraction of sp³-hybridized carbons (Fsp3) is 0.562. The van der Waals surface area contributed by atoms with E-state index in [4.69, 9.17) is 0 Å². The van der Waals surface area contributed by atoms with Gasteiger partial charge in [0.1, 0.15) is 0 Å². The van der Waals surface area contributed by atoms with Gasteiger partial charge >= 0.3 is 0 Å². The molecule has 102 valence electrons. The minimum Gasteiger partial charge on any atom is -0.337 e. The molecule has 19 heavy (non-hydrogen) atoms. The molecule has 2 atom stereocenters. The molecule has 3 nitrogen and oxygen atoms in total. The van der Waals surface area contributed by atoms with Crippen molar-refractivity contribution in [1.82, 2.24) is 10.2 Å². The molecule has 0 spiro atoms. The number of hydrogen-bond acceptors (Lipinski definition) is 2. The second-order valence-electron chi connectivity index (χ2n) is 5.91. The molecule has 3 rings (SSSR count). The van der Waals surface area contributed by atoms with Crippen molar-refractivity contribution in [1.29, 1.82) is 0 Å². The van der Waals surface area contributed by atoms with Gasteiger partial charge in [-0.1, -0.05) is 30.3 Å². The predicted molar refractivity (Wildman–Crippen MR) is 75.8 cm³/mol. The van der Waals surface area contributed by atoms with E-state index in [-0.39, 0.29) is 0 Å². The van der Waals surface area contributed by atoms with E-state index in [1.54, 1.807) is 0 Å². The topological polar surface area (TPSA) is 32.3 Å². The Morgan fingerprint density at radius 2 is 2.05 bits per heavy atom. The fourth-order valence-corrected chi connectivity index (χ4v) is 2.84. The molecular formula is C16H22N2O. The standard InChI is InChI=1S/C16H22N2O/c1-12-10-17-15(9-13-5-3-2-4-6-13)11-18(12)16(19)14-7-8-14/h2-6,12,14-15,17H,7-11H2,1H3. The number of benzene rings is 1. The van der Waals surface area contributed by atoms with E-state index in [0.29, 0.717) is 23.9 Å². The van der Waals surface area contributed by atoms with Gasteiger partial charge in [0.25, 0.3) is 0 Å². The average Bonchev–Trinajstić information content (AvgIpc) is 3.26. The Balaban J connectivity index is 1.63. The fourth-order valence-electron chi connectivity index (χ4n) is 2.84. The first-order chi connectivity index (χ1) is 9.24. The minimum atomic E-state index is 0.331. The van der Waals surface area contributed by atoms with Crippen LogP contribution in [-0.2, 0) is 11.2 Å². The Hall–Kier alpha value is -1.35. The normalized spacial score (nSPS) is 27.3. The van der Waals surface area contributed by atoms with Crippen molar-refractivity contribution in [3.63, 3.8) is 0 Å². The molecule has 2 unspecified atom stereocenters. The van der Waals surface area contributed by atoms with Crippen LogP contribution in [0.5, 0.6) is 0 Å². The zero-order chi connectivity index (χ0) is 13.2. The number of piperazine rings is 1. The van der Waals surface area contributed by atoms with Crippen LogP contribution in [0.4, 0.5) is 0 Å². The zero-order valence-electron chi connectivity index (χ0n) is 11.5. The molecule has 1 aliphatic heterocycles. The van der Waals surface area contributed by atoms with Crippen LogP contribution in [0.3, 0.4) is 0 Å². The van der Waals surface area contributed by atoms with E-state index in [2.05, 4.69) is 41.4 Å². The number of carbonyl (C=O) groups excluding carboxylic acids is 1. The van der Waals surface area contributed by atoms with Gasteiger partial charge in [-0.2, -0.15) is 0 Å². The summed E-state index contributed by atoms with van der Waals surface area (Å²) in [6.45, 7) is 3.91. The number of rotatable bonds is 3. The number of carbonyl (C=O) groups is 1. The molecule has 0 bridgehead atoms. The number of hydrogen-bond donors (Lipinski definition) is 1. The van der Waals surface area contributed by atoms with Crippen molar-refractivity contribution < 1.29 is 4.79 Å². The summed E-state index contributed by atoms with van der Waals surface area (Å²) in [6.07, 6.45) is 3.19. The highest BCUT2D eigenvalue weighted by atomic mass is 16.2. The van der Waals surface area contributed by atoms with Gasteiger partial charge < -0.3 is 10.2 Å². The SMILES string of the molecule is CC1CNC(Cc2ccccc2)CN1C(=O)C1CC1. The maximum absolute atomic E-state index is 12.3. The van der Waals surface area contributed by atoms with Gasteiger partial charge in [0, 0.05) is 31.1 Å². The molecule has 1 aromatic rings. The van der Waals surface area contributed by atoms with Gasteiger partial charge in [0.15, 0.2) is 0 Å². The van der Waals surface area contributed by atoms with E-state index < -0.39 is 0 Å². The molecule has 1 aliphatic carbocycles. The van der Waals surface area contributed by atoms with E-state index >= 15 is 0 Å². The van der Waals surface area contributed by atoms with Crippen LogP contribution in [0.25, 0.3) is 0 Å². The van der Waals surface area contributed by atoms with E-state index in [1.807, 2.05) is 6.07 Å². The Kier molecular flexibility index (Phi) is 3.56. The Morgan fingerprint density at radius 3 is 2.74 bits per heavy atom. The summed E-state index contributed by atoms with van der Waals surface area (Å²) >= 11 is 0. The second-order valence-corrected chi connectivity index (χ2v) is 5.91. The van der Waals surface area contributed by atoms with Crippen molar-refractivity contribution in [3.05, 3.63) is 35.9 Å². The van der Waals surface area contributed by atoms with Crippen LogP contribution >= 0.6 is 0 Å². The molecule has 2 aliphatic rings. The summed E-state index contributed by atoms with van der Waals surface area (Å²) in [5, 5.41) is 3.57. The van der Waals surface area contributed by atoms with Gasteiger partial charge in [0.2, 0.25) is 5.91 Å². The highest BCUT2D eigenvalue weighted by molar-refractivity contribution is 5.81. The number of nitrogens with zero attached hydrogens (tertiary/aromatic N) is 1. The molecule has 1 aromatic carbocycles. The molecule has 0 radical (unpaired) electrons. The largest absolute Gasteiger partial charge is 0.337 e. The molecular weight excluding hydrogens is 236 g/mol. The second kappa shape index (κ2) is 5.33. The Bertz CT molecular complexity index is 441. The van der Waals surface area contributed by atoms with Crippen LogP contribution in [0.15, 0.2) is 30.3 Å². The Morgan fingerprint density at radius 1 is 1.32 bits per heavy atom. The van der Waals surface area contributed by atoms with Crippen LogP contribution in [0.1, 0.15) is 25.3 Å². The highest BCUT2D eigenvalue weighted by Crippen LogP contribution is 2.32. The summed E-state index contributed by atoms with van der Waals surface area (Å²) in [5.74, 6) is 0.713. The van der Waals surface area contributed by atoms with Gasteiger partial charge in [-0.05, 0) is 31.7 Å². The minimum absolute atomic E-state index is 0.331.